The molecule has 2 heterocycles. The van der Waals surface area contributed by atoms with Gasteiger partial charge in [0.2, 0.25) is 0 Å². The third-order valence-corrected chi connectivity index (χ3v) is 6.05. The Kier molecular flexibility index (Phi) is 5.25. The van der Waals surface area contributed by atoms with Gasteiger partial charge in [0.1, 0.15) is 16.0 Å². The minimum Gasteiger partial charge on any atom is -0.370 e. The quantitative estimate of drug-likeness (QED) is 0.624. The number of amides is 1. The summed E-state index contributed by atoms with van der Waals surface area (Å²) in [5, 5.41) is 1.52. The molecule has 0 N–H and O–H groups in total. The largest absolute Gasteiger partial charge is 0.370 e. The first-order valence-electron chi connectivity index (χ1n) is 8.81. The number of aryl methyl sites for hydroxylation is 1. The number of rotatable bonds is 3. The van der Waals surface area contributed by atoms with Crippen molar-refractivity contribution in [3.8, 4) is 10.6 Å². The van der Waals surface area contributed by atoms with E-state index >= 15 is 0 Å². The molecule has 0 unspecified atom stereocenters. The zero-order valence-electron chi connectivity index (χ0n) is 14.9. The Balaban J connectivity index is 1.55. The summed E-state index contributed by atoms with van der Waals surface area (Å²) in [5.74, 6) is 0.0226. The lowest BCUT2D eigenvalue weighted by Crippen LogP contribution is -2.42. The molecule has 1 aliphatic rings. The first-order valence-corrected chi connectivity index (χ1v) is 10.0. The molecule has 2 aromatic carbocycles. The van der Waals surface area contributed by atoms with Crippen molar-refractivity contribution < 1.29 is 9.53 Å². The van der Waals surface area contributed by atoms with E-state index in [1.165, 1.54) is 11.3 Å². The van der Waals surface area contributed by atoms with E-state index in [0.29, 0.717) is 29.6 Å². The Hall–Kier alpha value is -2.21. The molecule has 27 heavy (non-hydrogen) atoms. The highest BCUT2D eigenvalue weighted by Crippen LogP contribution is 2.31. The number of benzene rings is 2. The molecule has 0 spiro atoms. The minimum absolute atomic E-state index is 0.0226. The number of hydrogen-bond donors (Lipinski definition) is 0. The van der Waals surface area contributed by atoms with Gasteiger partial charge in [-0.2, -0.15) is 0 Å². The van der Waals surface area contributed by atoms with Crippen LogP contribution in [0.1, 0.15) is 27.0 Å². The van der Waals surface area contributed by atoms with Crippen molar-refractivity contribution >= 4 is 28.8 Å². The number of halogens is 1. The number of thiazole rings is 1. The molecular weight excluding hydrogens is 380 g/mol. The Morgan fingerprint density at radius 2 is 1.93 bits per heavy atom. The standard InChI is InChI=1S/C21H19ClN2O2S/c1-14-19(27-20(23-14)16-7-9-17(22)10-8-16)21(25)24-11-12-26-18(13-24)15-5-3-2-4-6-15/h2-10,18H,11-13H2,1H3/t18-/m1/s1. The molecule has 1 fully saturated rings. The molecule has 4 nitrogen and oxygen atoms in total. The maximum atomic E-state index is 13.1. The van der Waals surface area contributed by atoms with Gasteiger partial charge >= 0.3 is 0 Å². The van der Waals surface area contributed by atoms with Crippen LogP contribution in [-0.4, -0.2) is 35.5 Å². The molecule has 0 saturated carbocycles. The molecule has 0 bridgehead atoms. The molecule has 1 aromatic heterocycles. The first kappa shape index (κ1) is 18.2. The number of carbonyl (C=O) groups excluding carboxylic acids is 1. The van der Waals surface area contributed by atoms with Gasteiger partial charge in [-0.25, -0.2) is 4.98 Å². The Morgan fingerprint density at radius 3 is 2.67 bits per heavy atom. The summed E-state index contributed by atoms with van der Waals surface area (Å²) in [4.78, 5) is 20.3. The smallest absolute Gasteiger partial charge is 0.266 e. The second-order valence-electron chi connectivity index (χ2n) is 6.46. The zero-order chi connectivity index (χ0) is 18.8. The Morgan fingerprint density at radius 1 is 1.19 bits per heavy atom. The van der Waals surface area contributed by atoms with Gasteiger partial charge in [0.25, 0.3) is 5.91 Å². The number of hydrogen-bond acceptors (Lipinski definition) is 4. The highest BCUT2D eigenvalue weighted by Gasteiger charge is 2.28. The number of morpholine rings is 1. The van der Waals surface area contributed by atoms with E-state index in [-0.39, 0.29) is 12.0 Å². The predicted molar refractivity (Wildman–Crippen MR) is 108 cm³/mol. The second-order valence-corrected chi connectivity index (χ2v) is 7.90. The van der Waals surface area contributed by atoms with Crippen molar-refractivity contribution in [3.63, 3.8) is 0 Å². The van der Waals surface area contributed by atoms with E-state index in [2.05, 4.69) is 4.98 Å². The average Bonchev–Trinajstić information content (AvgIpc) is 3.10. The van der Waals surface area contributed by atoms with Crippen LogP contribution in [0.3, 0.4) is 0 Å². The summed E-state index contributed by atoms with van der Waals surface area (Å²) in [6.07, 6.45) is -0.0899. The number of nitrogens with zero attached hydrogens (tertiary/aromatic N) is 2. The molecule has 3 aromatic rings. The summed E-state index contributed by atoms with van der Waals surface area (Å²) in [5.41, 5.74) is 2.83. The normalized spacial score (nSPS) is 17.1. The van der Waals surface area contributed by atoms with E-state index in [0.717, 1.165) is 21.8 Å². The number of ether oxygens (including phenoxy) is 1. The van der Waals surface area contributed by atoms with E-state index in [1.807, 2.05) is 66.4 Å². The van der Waals surface area contributed by atoms with Gasteiger partial charge in [-0.3, -0.25) is 4.79 Å². The van der Waals surface area contributed by atoms with Gasteiger partial charge in [-0.1, -0.05) is 54.1 Å². The Bertz CT molecular complexity index is 941. The lowest BCUT2D eigenvalue weighted by atomic mass is 10.1. The third-order valence-electron chi connectivity index (χ3n) is 4.61. The third kappa shape index (κ3) is 3.90. The monoisotopic (exact) mass is 398 g/mol. The molecule has 4 rings (SSSR count). The molecule has 6 heteroatoms. The highest BCUT2D eigenvalue weighted by molar-refractivity contribution is 7.17. The van der Waals surface area contributed by atoms with Crippen molar-refractivity contribution in [2.45, 2.75) is 13.0 Å². The van der Waals surface area contributed by atoms with Crippen LogP contribution >= 0.6 is 22.9 Å². The van der Waals surface area contributed by atoms with Crippen LogP contribution < -0.4 is 0 Å². The number of aromatic nitrogens is 1. The van der Waals surface area contributed by atoms with Crippen LogP contribution in [0.15, 0.2) is 54.6 Å². The van der Waals surface area contributed by atoms with Crippen LogP contribution in [0, 0.1) is 6.92 Å². The molecule has 0 radical (unpaired) electrons. The highest BCUT2D eigenvalue weighted by atomic mass is 35.5. The fourth-order valence-electron chi connectivity index (χ4n) is 3.16. The van der Waals surface area contributed by atoms with Gasteiger partial charge in [-0.05, 0) is 24.6 Å². The lowest BCUT2D eigenvalue weighted by Gasteiger charge is -2.33. The van der Waals surface area contributed by atoms with Gasteiger partial charge in [0.05, 0.1) is 18.8 Å². The Labute approximate surface area is 167 Å². The van der Waals surface area contributed by atoms with Gasteiger partial charge in [0, 0.05) is 17.1 Å². The fraction of sp³-hybridized carbons (Fsp3) is 0.238. The topological polar surface area (TPSA) is 42.4 Å². The van der Waals surface area contributed by atoms with Crippen LogP contribution in [-0.2, 0) is 4.74 Å². The van der Waals surface area contributed by atoms with Gasteiger partial charge in [-0.15, -0.1) is 11.3 Å². The van der Waals surface area contributed by atoms with E-state index < -0.39 is 0 Å². The minimum atomic E-state index is -0.0899. The summed E-state index contributed by atoms with van der Waals surface area (Å²) in [6, 6.07) is 17.6. The lowest BCUT2D eigenvalue weighted by molar-refractivity contribution is -0.0226. The predicted octanol–water partition coefficient (Wildman–Crippen LogP) is 4.99. The molecule has 1 aliphatic heterocycles. The molecule has 0 aliphatic carbocycles. The molecule has 1 saturated heterocycles. The summed E-state index contributed by atoms with van der Waals surface area (Å²) in [7, 11) is 0. The van der Waals surface area contributed by atoms with Gasteiger partial charge < -0.3 is 9.64 Å². The molecule has 1 atom stereocenters. The van der Waals surface area contributed by atoms with Crippen molar-refractivity contribution in [1.29, 1.82) is 0 Å². The molecular formula is C21H19ClN2O2S. The SMILES string of the molecule is Cc1nc(-c2ccc(Cl)cc2)sc1C(=O)N1CCO[C@@H](c2ccccc2)C1. The fourth-order valence-corrected chi connectivity index (χ4v) is 4.32. The summed E-state index contributed by atoms with van der Waals surface area (Å²) >= 11 is 7.39. The zero-order valence-corrected chi connectivity index (χ0v) is 16.5. The maximum Gasteiger partial charge on any atom is 0.266 e. The van der Waals surface area contributed by atoms with E-state index in [9.17, 15) is 4.79 Å². The van der Waals surface area contributed by atoms with Crippen LogP contribution in [0.4, 0.5) is 0 Å². The van der Waals surface area contributed by atoms with Crippen molar-refractivity contribution in [2.24, 2.45) is 0 Å². The molecule has 138 valence electrons. The van der Waals surface area contributed by atoms with Crippen molar-refractivity contribution in [2.75, 3.05) is 19.7 Å². The molecule has 1 amide bonds. The van der Waals surface area contributed by atoms with Crippen LogP contribution in [0.2, 0.25) is 5.02 Å². The van der Waals surface area contributed by atoms with Crippen molar-refractivity contribution in [1.82, 2.24) is 9.88 Å². The number of carbonyl (C=O) groups is 1. The summed E-state index contributed by atoms with van der Waals surface area (Å²) < 4.78 is 5.88. The second kappa shape index (κ2) is 7.80. The van der Waals surface area contributed by atoms with E-state index in [1.54, 1.807) is 0 Å². The average molecular weight is 399 g/mol. The van der Waals surface area contributed by atoms with Gasteiger partial charge in [0.15, 0.2) is 0 Å². The van der Waals surface area contributed by atoms with Crippen molar-refractivity contribution in [3.05, 3.63) is 75.8 Å². The first-order chi connectivity index (χ1) is 13.1. The summed E-state index contributed by atoms with van der Waals surface area (Å²) in [6.45, 7) is 3.57. The van der Waals surface area contributed by atoms with Crippen LogP contribution in [0.5, 0.6) is 0 Å². The van der Waals surface area contributed by atoms with E-state index in [4.69, 9.17) is 16.3 Å². The maximum absolute atomic E-state index is 13.1. The van der Waals surface area contributed by atoms with Crippen LogP contribution in [0.25, 0.3) is 10.6 Å².